The van der Waals surface area contributed by atoms with Crippen LogP contribution in [0.25, 0.3) is 0 Å². The Kier molecular flexibility index (Phi) is 9.33. The lowest BCUT2D eigenvalue weighted by Gasteiger charge is -2.15. The van der Waals surface area contributed by atoms with Gasteiger partial charge < -0.3 is 14.8 Å². The van der Waals surface area contributed by atoms with Crippen LogP contribution in [0.2, 0.25) is 0 Å². The first-order valence-electron chi connectivity index (χ1n) is 10.8. The second-order valence-electron chi connectivity index (χ2n) is 7.42. The number of nitro groups is 1. The molecule has 0 radical (unpaired) electrons. The number of non-ortho nitro benzene ring substituents is 1. The third-order valence-electron chi connectivity index (χ3n) is 4.80. The third-order valence-corrected chi connectivity index (χ3v) is 5.60. The number of para-hydroxylation sites is 1. The summed E-state index contributed by atoms with van der Waals surface area (Å²) in [5.74, 6) is -0.0685. The molecule has 2 N–H and O–H groups in total. The first-order valence-corrected chi connectivity index (χ1v) is 11.9. The molecule has 0 spiro atoms. The molecule has 3 rings (SSSR count). The summed E-state index contributed by atoms with van der Waals surface area (Å²) in [4.78, 5) is 35.0. The fourth-order valence-corrected chi connectivity index (χ4v) is 3.87. The van der Waals surface area contributed by atoms with E-state index in [1.54, 1.807) is 12.1 Å². The largest absolute Gasteiger partial charge is 0.490 e. The molecule has 0 aromatic heterocycles. The number of benzene rings is 3. The molecule has 2 amide bonds. The summed E-state index contributed by atoms with van der Waals surface area (Å²) in [5, 5.41) is 17.7. The molecule has 0 atom stereocenters. The number of amides is 2. The highest BCUT2D eigenvalue weighted by Gasteiger charge is 2.15. The molecule has 186 valence electrons. The lowest BCUT2D eigenvalue weighted by atomic mass is 10.2. The number of nitrogens with zero attached hydrogens (tertiary/aromatic N) is 2. The van der Waals surface area contributed by atoms with Gasteiger partial charge in [-0.25, -0.2) is 5.43 Å². The number of hydrogen-bond donors (Lipinski definition) is 2. The maximum atomic E-state index is 12.4. The Morgan fingerprint density at radius 2 is 1.89 bits per heavy atom. The number of hydrazone groups is 1. The zero-order chi connectivity index (χ0) is 26.1. The minimum Gasteiger partial charge on any atom is -0.490 e. The van der Waals surface area contributed by atoms with Crippen molar-refractivity contribution >= 4 is 52.0 Å². The van der Waals surface area contributed by atoms with Gasteiger partial charge in [-0.15, -0.1) is 0 Å². The summed E-state index contributed by atoms with van der Waals surface area (Å²) in [6, 6.07) is 16.2. The van der Waals surface area contributed by atoms with Crippen molar-refractivity contribution in [2.24, 2.45) is 5.10 Å². The number of ether oxygens (including phenoxy) is 2. The predicted molar refractivity (Wildman–Crippen MR) is 144 cm³/mol. The normalized spacial score (nSPS) is 10.6. The number of rotatable bonds is 10. The molecule has 10 nitrogen and oxygen atoms in total. The Balaban J connectivity index is 1.67. The minimum atomic E-state index is -0.589. The highest BCUT2D eigenvalue weighted by molar-refractivity contribution is 14.1. The molecule has 0 aliphatic carbocycles. The number of hydrogen-bond acceptors (Lipinski definition) is 7. The van der Waals surface area contributed by atoms with E-state index in [2.05, 4.69) is 38.4 Å². The molecule has 0 aliphatic heterocycles. The average molecular weight is 602 g/mol. The lowest BCUT2D eigenvalue weighted by Crippen LogP contribution is -2.21. The summed E-state index contributed by atoms with van der Waals surface area (Å²) in [6.07, 6.45) is 1.41. The van der Waals surface area contributed by atoms with Crippen LogP contribution in [-0.2, 0) is 4.79 Å². The van der Waals surface area contributed by atoms with E-state index in [-0.39, 0.29) is 23.8 Å². The molecule has 11 heteroatoms. The molecule has 0 aliphatic rings. The number of anilines is 1. The summed E-state index contributed by atoms with van der Waals surface area (Å²) in [6.45, 7) is 3.88. The Hall–Kier alpha value is -4.00. The molecule has 0 unspecified atom stereocenters. The molecular weight excluding hydrogens is 579 g/mol. The summed E-state index contributed by atoms with van der Waals surface area (Å²) in [7, 11) is 0. The van der Waals surface area contributed by atoms with Gasteiger partial charge in [-0.1, -0.05) is 24.3 Å². The van der Waals surface area contributed by atoms with Crippen molar-refractivity contribution in [3.8, 4) is 11.5 Å². The lowest BCUT2D eigenvalue weighted by molar-refractivity contribution is -0.384. The number of nitrogens with one attached hydrogen (secondary N) is 2. The van der Waals surface area contributed by atoms with Crippen LogP contribution in [0.3, 0.4) is 0 Å². The summed E-state index contributed by atoms with van der Waals surface area (Å²) >= 11 is 2.06. The van der Waals surface area contributed by atoms with Crippen LogP contribution in [0.4, 0.5) is 11.4 Å². The van der Waals surface area contributed by atoms with Crippen LogP contribution in [0.1, 0.15) is 28.4 Å². The van der Waals surface area contributed by atoms with Crippen molar-refractivity contribution in [2.75, 3.05) is 18.5 Å². The first kappa shape index (κ1) is 26.6. The van der Waals surface area contributed by atoms with Gasteiger partial charge in [-0.05, 0) is 71.8 Å². The quantitative estimate of drug-likeness (QED) is 0.150. The van der Waals surface area contributed by atoms with Crippen LogP contribution >= 0.6 is 22.6 Å². The third kappa shape index (κ3) is 7.25. The molecule has 0 saturated carbocycles. The van der Waals surface area contributed by atoms with Crippen molar-refractivity contribution in [3.05, 3.63) is 91.0 Å². The van der Waals surface area contributed by atoms with Gasteiger partial charge in [-0.3, -0.25) is 19.7 Å². The van der Waals surface area contributed by atoms with E-state index in [0.717, 1.165) is 5.56 Å². The number of carbonyl (C=O) groups is 2. The number of carbonyl (C=O) groups excluding carboxylic acids is 2. The number of halogens is 1. The smallest absolute Gasteiger partial charge is 0.271 e. The Morgan fingerprint density at radius 3 is 2.61 bits per heavy atom. The molecule has 0 fully saturated rings. The molecule has 0 heterocycles. The second-order valence-corrected chi connectivity index (χ2v) is 8.58. The Morgan fingerprint density at radius 1 is 1.11 bits per heavy atom. The molecule has 0 saturated heterocycles. The first-order chi connectivity index (χ1) is 17.3. The zero-order valence-corrected chi connectivity index (χ0v) is 21.6. The van der Waals surface area contributed by atoms with E-state index < -0.39 is 10.8 Å². The summed E-state index contributed by atoms with van der Waals surface area (Å²) < 4.78 is 12.1. The summed E-state index contributed by atoms with van der Waals surface area (Å²) in [5.41, 5.74) is 4.53. The van der Waals surface area contributed by atoms with Gasteiger partial charge in [0.05, 0.1) is 21.3 Å². The van der Waals surface area contributed by atoms with Gasteiger partial charge in [0.1, 0.15) is 0 Å². The van der Waals surface area contributed by atoms with Gasteiger partial charge in [0.15, 0.2) is 18.1 Å². The number of nitro benzene ring substituents is 1. The maximum Gasteiger partial charge on any atom is 0.271 e. The van der Waals surface area contributed by atoms with E-state index in [1.807, 2.05) is 38.1 Å². The predicted octanol–water partition coefficient (Wildman–Crippen LogP) is 4.69. The monoisotopic (exact) mass is 602 g/mol. The van der Waals surface area contributed by atoms with E-state index in [0.29, 0.717) is 32.9 Å². The molecule has 0 bridgehead atoms. The topological polar surface area (TPSA) is 132 Å². The van der Waals surface area contributed by atoms with Gasteiger partial charge >= 0.3 is 0 Å². The van der Waals surface area contributed by atoms with Crippen LogP contribution in [0, 0.1) is 20.6 Å². The number of aryl methyl sites for hydroxylation is 1. The van der Waals surface area contributed by atoms with Gasteiger partial charge in [0.2, 0.25) is 0 Å². The van der Waals surface area contributed by atoms with Crippen LogP contribution in [-0.4, -0.2) is 36.2 Å². The standard InChI is InChI=1S/C25H23IN4O6/c1-3-35-22-12-17(14-27-29-25(32)18-8-6-9-19(13-18)30(33)34)11-20(26)24(22)36-15-23(31)28-21-10-5-4-7-16(21)2/h4-14H,3,15H2,1-2H3,(H,28,31)(H,29,32)/b27-14+. The molecular formula is C25H23IN4O6. The van der Waals surface area contributed by atoms with Gasteiger partial charge in [0, 0.05) is 23.4 Å². The van der Waals surface area contributed by atoms with Crippen LogP contribution in [0.5, 0.6) is 11.5 Å². The van der Waals surface area contributed by atoms with E-state index in [4.69, 9.17) is 9.47 Å². The van der Waals surface area contributed by atoms with Crippen LogP contribution < -0.4 is 20.2 Å². The van der Waals surface area contributed by atoms with E-state index in [1.165, 1.54) is 30.5 Å². The van der Waals surface area contributed by atoms with Crippen molar-refractivity contribution < 1.29 is 24.0 Å². The van der Waals surface area contributed by atoms with Gasteiger partial charge in [-0.2, -0.15) is 5.10 Å². The maximum absolute atomic E-state index is 12.4. The molecule has 36 heavy (non-hydrogen) atoms. The SMILES string of the molecule is CCOc1cc(/C=N/NC(=O)c2cccc([N+](=O)[O-])c2)cc(I)c1OCC(=O)Nc1ccccc1C. The zero-order valence-electron chi connectivity index (χ0n) is 19.5. The second kappa shape index (κ2) is 12.6. The van der Waals surface area contributed by atoms with Crippen molar-refractivity contribution in [2.45, 2.75) is 13.8 Å². The highest BCUT2D eigenvalue weighted by Crippen LogP contribution is 2.34. The minimum absolute atomic E-state index is 0.110. The van der Waals surface area contributed by atoms with E-state index >= 15 is 0 Å². The molecule has 3 aromatic carbocycles. The van der Waals surface area contributed by atoms with Crippen LogP contribution in [0.15, 0.2) is 65.8 Å². The fraction of sp³-hybridized carbons (Fsp3) is 0.160. The van der Waals surface area contributed by atoms with Crippen molar-refractivity contribution in [1.29, 1.82) is 0 Å². The van der Waals surface area contributed by atoms with Crippen molar-refractivity contribution in [3.63, 3.8) is 0 Å². The van der Waals surface area contributed by atoms with Crippen molar-refractivity contribution in [1.82, 2.24) is 5.43 Å². The highest BCUT2D eigenvalue weighted by atomic mass is 127. The van der Waals surface area contributed by atoms with Gasteiger partial charge in [0.25, 0.3) is 17.5 Å². The van der Waals surface area contributed by atoms with E-state index in [9.17, 15) is 19.7 Å². The Labute approximate surface area is 221 Å². The Bertz CT molecular complexity index is 1310. The molecule has 3 aromatic rings. The fourth-order valence-electron chi connectivity index (χ4n) is 3.09. The average Bonchev–Trinajstić information content (AvgIpc) is 2.85.